The van der Waals surface area contributed by atoms with Crippen LogP contribution in [0.3, 0.4) is 0 Å². The molecule has 0 aliphatic rings. The molecule has 5 heteroatoms. The number of carbonyl (C=O) groups excluding carboxylic acids is 1. The van der Waals surface area contributed by atoms with Crippen molar-refractivity contribution in [2.75, 3.05) is 17.6 Å². The SMILES string of the molecule is CC(C)Oc1cccc(NCC(N)=O)c1N. The van der Waals surface area contributed by atoms with Gasteiger partial charge in [-0.15, -0.1) is 0 Å². The standard InChI is InChI=1S/C11H17N3O2/c1-7(2)16-9-5-3-4-8(11(9)13)14-6-10(12)15/h3-5,7,14H,6,13H2,1-2H3,(H2,12,15). The van der Waals surface area contributed by atoms with Crippen LogP contribution in [-0.4, -0.2) is 18.6 Å². The Morgan fingerprint density at radius 2 is 2.19 bits per heavy atom. The van der Waals surface area contributed by atoms with Crippen LogP contribution in [0.15, 0.2) is 18.2 Å². The van der Waals surface area contributed by atoms with Crippen LogP contribution in [0.1, 0.15) is 13.8 Å². The Morgan fingerprint density at radius 1 is 1.50 bits per heavy atom. The second kappa shape index (κ2) is 5.25. The molecule has 1 rings (SSSR count). The summed E-state index contributed by atoms with van der Waals surface area (Å²) in [6.45, 7) is 3.89. The maximum absolute atomic E-state index is 10.6. The normalized spacial score (nSPS) is 10.2. The molecule has 0 atom stereocenters. The minimum absolute atomic E-state index is 0.0497. The van der Waals surface area contributed by atoms with E-state index >= 15 is 0 Å². The number of ether oxygens (including phenoxy) is 1. The Balaban J connectivity index is 2.81. The van der Waals surface area contributed by atoms with Crippen LogP contribution in [0.2, 0.25) is 0 Å². The lowest BCUT2D eigenvalue weighted by Crippen LogP contribution is -2.22. The zero-order valence-corrected chi connectivity index (χ0v) is 9.49. The minimum atomic E-state index is -0.436. The Labute approximate surface area is 94.8 Å². The summed E-state index contributed by atoms with van der Waals surface area (Å²) >= 11 is 0. The van der Waals surface area contributed by atoms with Gasteiger partial charge in [-0.05, 0) is 26.0 Å². The summed E-state index contributed by atoms with van der Waals surface area (Å²) in [5, 5.41) is 2.85. The maximum atomic E-state index is 10.6. The quantitative estimate of drug-likeness (QED) is 0.648. The van der Waals surface area contributed by atoms with Gasteiger partial charge in [-0.25, -0.2) is 0 Å². The van der Waals surface area contributed by atoms with Crippen LogP contribution in [0, 0.1) is 0 Å². The van der Waals surface area contributed by atoms with Gasteiger partial charge in [0, 0.05) is 0 Å². The van der Waals surface area contributed by atoms with Gasteiger partial charge in [0.2, 0.25) is 5.91 Å². The van der Waals surface area contributed by atoms with Gasteiger partial charge < -0.3 is 21.5 Å². The number of carbonyl (C=O) groups is 1. The molecule has 0 unspecified atom stereocenters. The molecule has 0 saturated heterocycles. The Kier molecular flexibility index (Phi) is 3.99. The zero-order chi connectivity index (χ0) is 12.1. The number of nitrogen functional groups attached to an aromatic ring is 1. The number of rotatable bonds is 5. The first kappa shape index (κ1) is 12.2. The summed E-state index contributed by atoms with van der Waals surface area (Å²) in [6, 6.07) is 5.35. The van der Waals surface area contributed by atoms with Gasteiger partial charge in [-0.2, -0.15) is 0 Å². The van der Waals surface area contributed by atoms with Crippen molar-refractivity contribution >= 4 is 17.3 Å². The average molecular weight is 223 g/mol. The van der Waals surface area contributed by atoms with Gasteiger partial charge in [0.05, 0.1) is 24.0 Å². The first-order valence-corrected chi connectivity index (χ1v) is 5.08. The second-order valence-corrected chi connectivity index (χ2v) is 3.70. The molecule has 1 amide bonds. The Morgan fingerprint density at radius 3 is 2.75 bits per heavy atom. The van der Waals surface area contributed by atoms with E-state index in [4.69, 9.17) is 16.2 Å². The summed E-state index contributed by atoms with van der Waals surface area (Å²) in [4.78, 5) is 10.6. The van der Waals surface area contributed by atoms with E-state index in [9.17, 15) is 4.79 Å². The van der Waals surface area contributed by atoms with Crippen molar-refractivity contribution in [2.45, 2.75) is 20.0 Å². The smallest absolute Gasteiger partial charge is 0.236 e. The van der Waals surface area contributed by atoms with Crippen LogP contribution in [-0.2, 0) is 4.79 Å². The summed E-state index contributed by atoms with van der Waals surface area (Å²) in [6.07, 6.45) is 0.0497. The molecule has 1 aromatic rings. The third kappa shape index (κ3) is 3.34. The summed E-state index contributed by atoms with van der Waals surface area (Å²) in [5.74, 6) is 0.166. The highest BCUT2D eigenvalue weighted by Crippen LogP contribution is 2.29. The third-order valence-electron chi connectivity index (χ3n) is 1.88. The number of primary amides is 1. The first-order valence-electron chi connectivity index (χ1n) is 5.08. The van der Waals surface area contributed by atoms with E-state index in [2.05, 4.69) is 5.32 Å². The molecule has 0 heterocycles. The molecule has 0 radical (unpaired) electrons. The van der Waals surface area contributed by atoms with Gasteiger partial charge in [-0.3, -0.25) is 4.79 Å². The van der Waals surface area contributed by atoms with Crippen molar-refractivity contribution in [2.24, 2.45) is 5.73 Å². The molecule has 5 N–H and O–H groups in total. The molecular formula is C11H17N3O2. The van der Waals surface area contributed by atoms with Crippen molar-refractivity contribution in [1.29, 1.82) is 0 Å². The van der Waals surface area contributed by atoms with E-state index < -0.39 is 5.91 Å². The second-order valence-electron chi connectivity index (χ2n) is 3.70. The monoisotopic (exact) mass is 223 g/mol. The summed E-state index contributed by atoms with van der Waals surface area (Å²) in [7, 11) is 0. The van der Waals surface area contributed by atoms with Crippen LogP contribution in [0.4, 0.5) is 11.4 Å². The average Bonchev–Trinajstić information content (AvgIpc) is 2.18. The van der Waals surface area contributed by atoms with Crippen molar-refractivity contribution in [3.8, 4) is 5.75 Å². The van der Waals surface area contributed by atoms with E-state index in [1.807, 2.05) is 13.8 Å². The van der Waals surface area contributed by atoms with Gasteiger partial charge in [0.1, 0.15) is 5.75 Å². The molecular weight excluding hydrogens is 206 g/mol. The highest BCUT2D eigenvalue weighted by Gasteiger charge is 2.07. The fourth-order valence-corrected chi connectivity index (χ4v) is 1.24. The lowest BCUT2D eigenvalue weighted by atomic mass is 10.2. The number of benzene rings is 1. The molecule has 0 fully saturated rings. The van der Waals surface area contributed by atoms with Crippen molar-refractivity contribution in [3.63, 3.8) is 0 Å². The van der Waals surface area contributed by atoms with E-state index in [-0.39, 0.29) is 12.6 Å². The molecule has 1 aromatic carbocycles. The molecule has 16 heavy (non-hydrogen) atoms. The Hall–Kier alpha value is -1.91. The number of nitrogens with one attached hydrogen (secondary N) is 1. The number of anilines is 2. The molecule has 0 saturated carbocycles. The summed E-state index contributed by atoms with van der Waals surface area (Å²) < 4.78 is 5.51. The Bertz CT molecular complexity index is 377. The van der Waals surface area contributed by atoms with Crippen LogP contribution in [0.25, 0.3) is 0 Å². The fraction of sp³-hybridized carbons (Fsp3) is 0.364. The molecule has 0 aromatic heterocycles. The van der Waals surface area contributed by atoms with Crippen molar-refractivity contribution in [1.82, 2.24) is 0 Å². The van der Waals surface area contributed by atoms with Gasteiger partial charge >= 0.3 is 0 Å². The van der Waals surface area contributed by atoms with Crippen LogP contribution >= 0.6 is 0 Å². The molecule has 5 nitrogen and oxygen atoms in total. The maximum Gasteiger partial charge on any atom is 0.236 e. The lowest BCUT2D eigenvalue weighted by Gasteiger charge is -2.15. The lowest BCUT2D eigenvalue weighted by molar-refractivity contribution is -0.116. The van der Waals surface area contributed by atoms with Gasteiger partial charge in [0.15, 0.2) is 0 Å². The topological polar surface area (TPSA) is 90.4 Å². The molecule has 0 bridgehead atoms. The van der Waals surface area contributed by atoms with Gasteiger partial charge in [0.25, 0.3) is 0 Å². The fourth-order valence-electron chi connectivity index (χ4n) is 1.24. The minimum Gasteiger partial charge on any atom is -0.489 e. The number of nitrogens with two attached hydrogens (primary N) is 2. The van der Waals surface area contributed by atoms with E-state index in [0.717, 1.165) is 0 Å². The van der Waals surface area contributed by atoms with Crippen molar-refractivity contribution < 1.29 is 9.53 Å². The molecule has 88 valence electrons. The highest BCUT2D eigenvalue weighted by atomic mass is 16.5. The molecule has 0 aliphatic heterocycles. The van der Waals surface area contributed by atoms with E-state index in [0.29, 0.717) is 17.1 Å². The molecule has 0 aliphatic carbocycles. The third-order valence-corrected chi connectivity index (χ3v) is 1.88. The number of hydrogen-bond donors (Lipinski definition) is 3. The zero-order valence-electron chi connectivity index (χ0n) is 9.49. The molecule has 0 spiro atoms. The van der Waals surface area contributed by atoms with Crippen molar-refractivity contribution in [3.05, 3.63) is 18.2 Å². The number of hydrogen-bond acceptors (Lipinski definition) is 4. The number of para-hydroxylation sites is 1. The van der Waals surface area contributed by atoms with E-state index in [1.54, 1.807) is 18.2 Å². The van der Waals surface area contributed by atoms with E-state index in [1.165, 1.54) is 0 Å². The predicted octanol–water partition coefficient (Wildman–Crippen LogP) is 0.953. The van der Waals surface area contributed by atoms with Gasteiger partial charge in [-0.1, -0.05) is 6.07 Å². The predicted molar refractivity (Wildman–Crippen MR) is 64.3 cm³/mol. The summed E-state index contributed by atoms with van der Waals surface area (Å²) in [5.41, 5.74) is 12.0. The largest absolute Gasteiger partial charge is 0.489 e. The van der Waals surface area contributed by atoms with Crippen LogP contribution < -0.4 is 21.5 Å². The highest BCUT2D eigenvalue weighted by molar-refractivity contribution is 5.81. The van der Waals surface area contributed by atoms with Crippen LogP contribution in [0.5, 0.6) is 5.75 Å². The number of amides is 1. The first-order chi connectivity index (χ1) is 7.50.